The van der Waals surface area contributed by atoms with Gasteiger partial charge in [-0.05, 0) is 55.8 Å². The molecule has 0 saturated carbocycles. The number of rotatable bonds is 4. The van der Waals surface area contributed by atoms with Gasteiger partial charge in [0.2, 0.25) is 0 Å². The average molecular weight is 317 g/mol. The molecule has 0 atom stereocenters. The molecule has 0 spiro atoms. The lowest BCUT2D eigenvalue weighted by Gasteiger charge is -2.27. The summed E-state index contributed by atoms with van der Waals surface area (Å²) in [6.07, 6.45) is 0. The first-order valence-corrected chi connectivity index (χ1v) is 7.53. The summed E-state index contributed by atoms with van der Waals surface area (Å²) < 4.78 is 0. The Hall–Kier alpha value is -2.00. The van der Waals surface area contributed by atoms with Crippen molar-refractivity contribution in [1.29, 1.82) is 0 Å². The van der Waals surface area contributed by atoms with Crippen LogP contribution in [0.3, 0.4) is 0 Å². The maximum Gasteiger partial charge on any atom is 0.251 e. The van der Waals surface area contributed by atoms with Crippen molar-refractivity contribution >= 4 is 23.2 Å². The molecule has 0 saturated heterocycles. The molecule has 0 aliphatic rings. The monoisotopic (exact) mass is 316 g/mol. The van der Waals surface area contributed by atoms with Crippen LogP contribution in [0.2, 0.25) is 5.02 Å². The Labute approximate surface area is 136 Å². The molecule has 0 bridgehead atoms. The SMILES string of the molecule is CN(C)c1ccc(C(=O)NC(C)(C)c2ccc(Cl)cc2)cc1. The second-order valence-electron chi connectivity index (χ2n) is 6.03. The van der Waals surface area contributed by atoms with E-state index >= 15 is 0 Å². The van der Waals surface area contributed by atoms with E-state index in [0.29, 0.717) is 10.6 Å². The fourth-order valence-electron chi connectivity index (χ4n) is 2.21. The summed E-state index contributed by atoms with van der Waals surface area (Å²) in [5.41, 5.74) is 2.25. The summed E-state index contributed by atoms with van der Waals surface area (Å²) in [7, 11) is 3.94. The third kappa shape index (κ3) is 3.80. The van der Waals surface area contributed by atoms with Gasteiger partial charge in [0.1, 0.15) is 0 Å². The molecule has 0 heterocycles. The molecule has 0 fully saturated rings. The zero-order valence-corrected chi connectivity index (χ0v) is 14.1. The number of hydrogen-bond acceptors (Lipinski definition) is 2. The number of hydrogen-bond donors (Lipinski definition) is 1. The van der Waals surface area contributed by atoms with Crippen LogP contribution < -0.4 is 10.2 Å². The summed E-state index contributed by atoms with van der Waals surface area (Å²) in [6, 6.07) is 15.1. The van der Waals surface area contributed by atoms with Crippen LogP contribution in [0.5, 0.6) is 0 Å². The van der Waals surface area contributed by atoms with Crippen molar-refractivity contribution in [2.24, 2.45) is 0 Å². The molecule has 2 aromatic rings. The summed E-state index contributed by atoms with van der Waals surface area (Å²) in [6.45, 7) is 3.95. The van der Waals surface area contributed by atoms with E-state index in [4.69, 9.17) is 11.6 Å². The van der Waals surface area contributed by atoms with Gasteiger partial charge in [-0.25, -0.2) is 0 Å². The first-order chi connectivity index (χ1) is 10.3. The van der Waals surface area contributed by atoms with Crippen molar-refractivity contribution in [3.05, 3.63) is 64.7 Å². The Morgan fingerprint density at radius 3 is 2.05 bits per heavy atom. The quantitative estimate of drug-likeness (QED) is 0.922. The number of anilines is 1. The van der Waals surface area contributed by atoms with Crippen molar-refractivity contribution in [2.45, 2.75) is 19.4 Å². The third-order valence-electron chi connectivity index (χ3n) is 3.64. The van der Waals surface area contributed by atoms with Crippen LogP contribution in [0.4, 0.5) is 5.69 Å². The molecule has 2 rings (SSSR count). The number of carbonyl (C=O) groups excluding carboxylic acids is 1. The van der Waals surface area contributed by atoms with E-state index in [0.717, 1.165) is 11.3 Å². The van der Waals surface area contributed by atoms with Crippen molar-refractivity contribution in [2.75, 3.05) is 19.0 Å². The van der Waals surface area contributed by atoms with E-state index in [1.54, 1.807) is 0 Å². The highest BCUT2D eigenvalue weighted by molar-refractivity contribution is 6.30. The van der Waals surface area contributed by atoms with E-state index in [-0.39, 0.29) is 5.91 Å². The molecule has 0 aromatic heterocycles. The fraction of sp³-hybridized carbons (Fsp3) is 0.278. The van der Waals surface area contributed by atoms with Crippen LogP contribution in [0.1, 0.15) is 29.8 Å². The van der Waals surface area contributed by atoms with Crippen LogP contribution in [0, 0.1) is 0 Å². The smallest absolute Gasteiger partial charge is 0.251 e. The zero-order chi connectivity index (χ0) is 16.3. The van der Waals surface area contributed by atoms with Gasteiger partial charge in [0, 0.05) is 30.4 Å². The highest BCUT2D eigenvalue weighted by atomic mass is 35.5. The van der Waals surface area contributed by atoms with Gasteiger partial charge in [0.15, 0.2) is 0 Å². The molecular formula is C18H21ClN2O. The molecule has 0 unspecified atom stereocenters. The van der Waals surface area contributed by atoms with Crippen molar-refractivity contribution in [3.8, 4) is 0 Å². The Morgan fingerprint density at radius 2 is 1.55 bits per heavy atom. The lowest BCUT2D eigenvalue weighted by atomic mass is 9.94. The molecule has 116 valence electrons. The zero-order valence-electron chi connectivity index (χ0n) is 13.4. The van der Waals surface area contributed by atoms with Crippen LogP contribution >= 0.6 is 11.6 Å². The van der Waals surface area contributed by atoms with Crippen LogP contribution in [-0.4, -0.2) is 20.0 Å². The highest BCUT2D eigenvalue weighted by Crippen LogP contribution is 2.23. The number of nitrogens with one attached hydrogen (secondary N) is 1. The van der Waals surface area contributed by atoms with E-state index in [9.17, 15) is 4.79 Å². The molecule has 0 radical (unpaired) electrons. The van der Waals surface area contributed by atoms with E-state index in [2.05, 4.69) is 5.32 Å². The van der Waals surface area contributed by atoms with E-state index in [1.807, 2.05) is 81.4 Å². The molecule has 0 aliphatic carbocycles. The Morgan fingerprint density at radius 1 is 1.00 bits per heavy atom. The third-order valence-corrected chi connectivity index (χ3v) is 3.89. The molecule has 4 heteroatoms. The highest BCUT2D eigenvalue weighted by Gasteiger charge is 2.23. The maximum absolute atomic E-state index is 12.4. The lowest BCUT2D eigenvalue weighted by molar-refractivity contribution is 0.0912. The van der Waals surface area contributed by atoms with Gasteiger partial charge in [-0.3, -0.25) is 4.79 Å². The largest absolute Gasteiger partial charge is 0.378 e. The Bertz CT molecular complexity index is 646. The van der Waals surface area contributed by atoms with Gasteiger partial charge in [-0.1, -0.05) is 23.7 Å². The minimum atomic E-state index is -0.470. The molecule has 22 heavy (non-hydrogen) atoms. The van der Waals surface area contributed by atoms with Crippen LogP contribution in [-0.2, 0) is 5.54 Å². The number of halogens is 1. The van der Waals surface area contributed by atoms with Gasteiger partial charge in [0.05, 0.1) is 5.54 Å². The Kier molecular flexibility index (Phi) is 4.77. The van der Waals surface area contributed by atoms with Gasteiger partial charge in [0.25, 0.3) is 5.91 Å². The second kappa shape index (κ2) is 6.41. The minimum absolute atomic E-state index is 0.0924. The maximum atomic E-state index is 12.4. The normalized spacial score (nSPS) is 11.1. The molecule has 0 aliphatic heterocycles. The molecule has 1 N–H and O–H groups in total. The number of amides is 1. The van der Waals surface area contributed by atoms with Crippen molar-refractivity contribution < 1.29 is 4.79 Å². The standard InChI is InChI=1S/C18H21ClN2O/c1-18(2,14-7-9-15(19)10-8-14)20-17(22)13-5-11-16(12-6-13)21(3)4/h5-12H,1-4H3,(H,20,22). The predicted octanol–water partition coefficient (Wildman–Crippen LogP) is 4.07. The van der Waals surface area contributed by atoms with Gasteiger partial charge in [-0.2, -0.15) is 0 Å². The first kappa shape index (κ1) is 16.4. The molecule has 3 nitrogen and oxygen atoms in total. The topological polar surface area (TPSA) is 32.3 Å². The molecular weight excluding hydrogens is 296 g/mol. The minimum Gasteiger partial charge on any atom is -0.378 e. The molecule has 2 aromatic carbocycles. The van der Waals surface area contributed by atoms with Crippen LogP contribution in [0.15, 0.2) is 48.5 Å². The van der Waals surface area contributed by atoms with E-state index < -0.39 is 5.54 Å². The van der Waals surface area contributed by atoms with Gasteiger partial charge in [-0.15, -0.1) is 0 Å². The fourth-order valence-corrected chi connectivity index (χ4v) is 2.33. The second-order valence-corrected chi connectivity index (χ2v) is 6.46. The van der Waals surface area contributed by atoms with Crippen molar-refractivity contribution in [3.63, 3.8) is 0 Å². The average Bonchev–Trinajstić information content (AvgIpc) is 2.47. The summed E-state index contributed by atoms with van der Waals surface area (Å²) in [5.74, 6) is -0.0924. The van der Waals surface area contributed by atoms with Gasteiger partial charge < -0.3 is 10.2 Å². The van der Waals surface area contributed by atoms with E-state index in [1.165, 1.54) is 0 Å². The number of nitrogens with zero attached hydrogens (tertiary/aromatic N) is 1. The molecule has 1 amide bonds. The van der Waals surface area contributed by atoms with Crippen LogP contribution in [0.25, 0.3) is 0 Å². The summed E-state index contributed by atoms with van der Waals surface area (Å²) in [4.78, 5) is 14.4. The lowest BCUT2D eigenvalue weighted by Crippen LogP contribution is -2.40. The predicted molar refractivity (Wildman–Crippen MR) is 92.7 cm³/mol. The summed E-state index contributed by atoms with van der Waals surface area (Å²) >= 11 is 5.91. The summed E-state index contributed by atoms with van der Waals surface area (Å²) in [5, 5.41) is 3.75. The van der Waals surface area contributed by atoms with Crippen molar-refractivity contribution in [1.82, 2.24) is 5.32 Å². The number of benzene rings is 2. The number of carbonyl (C=O) groups is 1. The van der Waals surface area contributed by atoms with Gasteiger partial charge >= 0.3 is 0 Å². The Balaban J connectivity index is 2.14. The first-order valence-electron chi connectivity index (χ1n) is 7.15.